The molecule has 5 atom stereocenters. The van der Waals surface area contributed by atoms with E-state index in [1.165, 1.54) is 64.2 Å². The van der Waals surface area contributed by atoms with Gasteiger partial charge >= 0.3 is 17.9 Å². The predicted molar refractivity (Wildman–Crippen MR) is 212 cm³/mol. The van der Waals surface area contributed by atoms with Crippen LogP contribution in [-0.4, -0.2) is 89.8 Å². The lowest BCUT2D eigenvalue weighted by Gasteiger charge is -2.41. The Bertz CT molecular complexity index is 1210. The number of ether oxygens (including phenoxy) is 6. The summed E-state index contributed by atoms with van der Waals surface area (Å²) in [6, 6.07) is 8.36. The van der Waals surface area contributed by atoms with Crippen LogP contribution >= 0.6 is 0 Å². The molecule has 55 heavy (non-hydrogen) atoms. The Hall–Kier alpha value is -2.83. The van der Waals surface area contributed by atoms with Crippen LogP contribution < -0.4 is 0 Å². The van der Waals surface area contributed by atoms with Gasteiger partial charge < -0.3 is 38.6 Å². The molecule has 11 nitrogen and oxygen atoms in total. The lowest BCUT2D eigenvalue weighted by Crippen LogP contribution is -2.60. The molecule has 0 bridgehead atoms. The maximum atomic E-state index is 13.0. The van der Waals surface area contributed by atoms with Crippen LogP contribution in [-0.2, 0) is 38.0 Å². The quantitative estimate of drug-likeness (QED) is 0.0307. The maximum absolute atomic E-state index is 13.0. The normalized spacial score (nSPS) is 20.5. The van der Waals surface area contributed by atoms with Gasteiger partial charge in [0.15, 0.2) is 18.3 Å². The van der Waals surface area contributed by atoms with E-state index >= 15 is 0 Å². The van der Waals surface area contributed by atoms with E-state index in [1.807, 2.05) is 0 Å². The zero-order valence-electron chi connectivity index (χ0n) is 34.8. The van der Waals surface area contributed by atoms with Gasteiger partial charge in [0.25, 0.3) is 0 Å². The van der Waals surface area contributed by atoms with Gasteiger partial charge in [0.1, 0.15) is 29.5 Å². The Morgan fingerprint density at radius 3 is 1.80 bits per heavy atom. The molecule has 0 amide bonds. The molecule has 0 aromatic heterocycles. The first-order valence-corrected chi connectivity index (χ1v) is 20.7. The first kappa shape index (κ1) is 48.3. The highest BCUT2D eigenvalue weighted by Gasteiger charge is 2.47. The van der Waals surface area contributed by atoms with Crippen molar-refractivity contribution in [1.29, 1.82) is 0 Å². The summed E-state index contributed by atoms with van der Waals surface area (Å²) in [4.78, 5) is 38.8. The predicted octanol–water partition coefficient (Wildman–Crippen LogP) is 8.42. The van der Waals surface area contributed by atoms with Crippen molar-refractivity contribution in [2.24, 2.45) is 5.92 Å². The molecule has 2 N–H and O–H groups in total. The first-order valence-electron chi connectivity index (χ1n) is 20.7. The molecule has 0 saturated carbocycles. The molecule has 314 valence electrons. The van der Waals surface area contributed by atoms with E-state index in [9.17, 15) is 24.6 Å². The van der Waals surface area contributed by atoms with Gasteiger partial charge in [-0.25, -0.2) is 4.79 Å². The van der Waals surface area contributed by atoms with Crippen LogP contribution in [0.25, 0.3) is 0 Å². The summed E-state index contributed by atoms with van der Waals surface area (Å²) in [5.41, 5.74) is -1.34. The van der Waals surface area contributed by atoms with Gasteiger partial charge in [-0.2, -0.15) is 0 Å². The van der Waals surface area contributed by atoms with E-state index in [4.69, 9.17) is 28.4 Å². The summed E-state index contributed by atoms with van der Waals surface area (Å²) in [6.45, 7) is 12.5. The molecule has 1 aromatic carbocycles. The number of allylic oxidation sites excluding steroid dienone is 2. The molecule has 2 rings (SSSR count). The Kier molecular flexibility index (Phi) is 23.0. The molecular formula is C44H72O11. The Morgan fingerprint density at radius 2 is 1.25 bits per heavy atom. The lowest BCUT2D eigenvalue weighted by molar-refractivity contribution is -0.302. The molecule has 1 aromatic rings. The fourth-order valence-electron chi connectivity index (χ4n) is 6.10. The number of unbranched alkanes of at least 4 members (excludes halogenated alkanes) is 12. The number of hydrogen-bond donors (Lipinski definition) is 2. The zero-order valence-corrected chi connectivity index (χ0v) is 34.8. The van der Waals surface area contributed by atoms with Crippen LogP contribution in [0.2, 0.25) is 0 Å². The minimum Gasteiger partial charge on any atom is -0.459 e. The molecular weight excluding hydrogens is 704 g/mol. The molecule has 0 unspecified atom stereocenters. The van der Waals surface area contributed by atoms with Crippen LogP contribution in [0.15, 0.2) is 42.5 Å². The van der Waals surface area contributed by atoms with Crippen LogP contribution in [0, 0.1) is 5.92 Å². The molecule has 1 heterocycles. The minimum absolute atomic E-state index is 0.0380. The summed E-state index contributed by atoms with van der Waals surface area (Å²) in [6.07, 6.45) is 14.6. The van der Waals surface area contributed by atoms with Crippen LogP contribution in [0.5, 0.6) is 0 Å². The average molecular weight is 777 g/mol. The summed E-state index contributed by atoms with van der Waals surface area (Å²) in [7, 11) is 0. The van der Waals surface area contributed by atoms with E-state index in [0.29, 0.717) is 6.61 Å². The van der Waals surface area contributed by atoms with Crippen LogP contribution in [0.4, 0.5) is 0 Å². The Labute approximate surface area is 330 Å². The smallest absolute Gasteiger partial charge is 0.338 e. The van der Waals surface area contributed by atoms with Gasteiger partial charge in [0.05, 0.1) is 12.2 Å². The van der Waals surface area contributed by atoms with Gasteiger partial charge in [-0.15, -0.1) is 0 Å². The zero-order chi connectivity index (χ0) is 40.7. The summed E-state index contributed by atoms with van der Waals surface area (Å²) in [5, 5.41) is 22.2. The molecule has 1 aliphatic rings. The molecule has 11 heteroatoms. The van der Waals surface area contributed by atoms with Crippen LogP contribution in [0.1, 0.15) is 155 Å². The van der Waals surface area contributed by atoms with Crippen molar-refractivity contribution < 1.29 is 53.0 Å². The van der Waals surface area contributed by atoms with Gasteiger partial charge in [0.2, 0.25) is 0 Å². The Balaban J connectivity index is 1.87. The average Bonchev–Trinajstić information content (AvgIpc) is 3.11. The highest BCUT2D eigenvalue weighted by Crippen LogP contribution is 2.27. The second-order valence-corrected chi connectivity index (χ2v) is 16.6. The number of benzene rings is 1. The van der Waals surface area contributed by atoms with E-state index in [2.05, 4.69) is 19.1 Å². The third-order valence-electron chi connectivity index (χ3n) is 9.03. The minimum atomic E-state index is -1.53. The molecule has 0 aliphatic carbocycles. The highest BCUT2D eigenvalue weighted by atomic mass is 16.7. The number of carbonyl (C=O) groups excluding carboxylic acids is 3. The number of esters is 3. The van der Waals surface area contributed by atoms with E-state index in [1.54, 1.807) is 71.9 Å². The van der Waals surface area contributed by atoms with Gasteiger partial charge in [0, 0.05) is 13.2 Å². The highest BCUT2D eigenvalue weighted by molar-refractivity contribution is 5.95. The van der Waals surface area contributed by atoms with E-state index in [-0.39, 0.29) is 25.2 Å². The Morgan fingerprint density at radius 1 is 0.727 bits per heavy atom. The fraction of sp³-hybridized carbons (Fsp3) is 0.750. The van der Waals surface area contributed by atoms with Gasteiger partial charge in [-0.05, 0) is 85.8 Å². The van der Waals surface area contributed by atoms with Gasteiger partial charge in [-0.1, -0.05) is 101 Å². The number of rotatable bonds is 26. The third-order valence-corrected chi connectivity index (χ3v) is 9.03. The third kappa shape index (κ3) is 20.8. The number of aliphatic hydroxyl groups excluding tert-OH is 2. The lowest BCUT2D eigenvalue weighted by atomic mass is 9.99. The molecule has 0 radical (unpaired) electrons. The van der Waals surface area contributed by atoms with E-state index < -0.39 is 65.7 Å². The summed E-state index contributed by atoms with van der Waals surface area (Å²) in [5.74, 6) is -3.35. The molecule has 1 fully saturated rings. The van der Waals surface area contributed by atoms with Gasteiger partial charge in [-0.3, -0.25) is 9.59 Å². The molecule has 0 spiro atoms. The van der Waals surface area contributed by atoms with Crippen molar-refractivity contribution in [2.45, 2.75) is 187 Å². The second-order valence-electron chi connectivity index (χ2n) is 16.6. The van der Waals surface area contributed by atoms with Crippen molar-refractivity contribution in [3.05, 3.63) is 48.0 Å². The van der Waals surface area contributed by atoms with Crippen molar-refractivity contribution >= 4 is 17.9 Å². The summed E-state index contributed by atoms with van der Waals surface area (Å²) < 4.78 is 34.5. The molecule has 1 aliphatic heterocycles. The molecule has 1 saturated heterocycles. The van der Waals surface area contributed by atoms with Crippen molar-refractivity contribution in [2.75, 3.05) is 19.8 Å². The van der Waals surface area contributed by atoms with Crippen molar-refractivity contribution in [3.8, 4) is 0 Å². The monoisotopic (exact) mass is 777 g/mol. The van der Waals surface area contributed by atoms with Crippen LogP contribution in [0.3, 0.4) is 0 Å². The standard InChI is InChI=1S/C44H72O11/c1-8-9-10-11-12-13-14-15-16-17-18-19-20-21-22-26-30-51-42-38(53-39(47)33-27-24-23-25-28-33)37(46)36(45)35(52-42)32-50-31-29-34(40(48)54-43(2,3)4)41(49)55-44(5,6)7/h10-11,23-25,27-28,34-38,42,45-46H,8-9,12-22,26,29-32H2,1-7H3/t35-,36+,37+,38-,42+/m1/s1. The maximum Gasteiger partial charge on any atom is 0.338 e. The number of aliphatic hydroxyl groups is 2. The number of carbonyl (C=O) groups is 3. The van der Waals surface area contributed by atoms with Crippen molar-refractivity contribution in [1.82, 2.24) is 0 Å². The summed E-state index contributed by atoms with van der Waals surface area (Å²) >= 11 is 0. The topological polar surface area (TPSA) is 147 Å². The SMILES string of the molecule is CCCC=CCCCCCCCCCCCCCO[C@H]1O[C@H](COCCC(C(=O)OC(C)(C)C)C(=O)OC(C)(C)C)[C@H](O)[C@H](O)[C@H]1OC(=O)c1ccccc1. The first-order chi connectivity index (χ1) is 26.1. The van der Waals surface area contributed by atoms with Crippen molar-refractivity contribution in [3.63, 3.8) is 0 Å². The fourth-order valence-corrected chi connectivity index (χ4v) is 6.10. The second kappa shape index (κ2) is 26.2. The van der Waals surface area contributed by atoms with E-state index in [0.717, 1.165) is 25.7 Å². The number of hydrogen-bond acceptors (Lipinski definition) is 11. The largest absolute Gasteiger partial charge is 0.459 e.